The third-order valence-electron chi connectivity index (χ3n) is 6.58. The number of fused-ring (bicyclic) bond motifs is 1. The van der Waals surface area contributed by atoms with E-state index in [9.17, 15) is 23.1 Å². The zero-order valence-corrected chi connectivity index (χ0v) is 20.7. The first-order chi connectivity index (χ1) is 16.0. The maximum absolute atomic E-state index is 13.1. The van der Waals surface area contributed by atoms with Crippen molar-refractivity contribution in [2.75, 3.05) is 20.2 Å². The fourth-order valence-corrected chi connectivity index (χ4v) is 6.95. The predicted molar refractivity (Wildman–Crippen MR) is 122 cm³/mol. The minimum absolute atomic E-state index is 0.0377. The molecular weight excluding hydrogens is 486 g/mol. The summed E-state index contributed by atoms with van der Waals surface area (Å²) in [6.45, 7) is 4.89. The number of nitrogens with zero attached hydrogens (tertiary/aromatic N) is 4. The maximum Gasteiger partial charge on any atom is 0.353 e. The first kappa shape index (κ1) is 25.1. The van der Waals surface area contributed by atoms with Gasteiger partial charge >= 0.3 is 5.97 Å². The molecule has 188 valence electrons. The maximum atomic E-state index is 13.1. The molecule has 1 amide bonds. The molecule has 1 aromatic rings. The van der Waals surface area contributed by atoms with Crippen molar-refractivity contribution in [1.82, 2.24) is 29.9 Å². The molecule has 0 spiro atoms. The van der Waals surface area contributed by atoms with E-state index in [1.165, 1.54) is 16.7 Å². The molecule has 0 bridgehead atoms. The lowest BCUT2D eigenvalue weighted by Gasteiger charge is -2.47. The lowest BCUT2D eigenvalue weighted by atomic mass is 9.78. The number of aromatic nitrogens is 3. The highest BCUT2D eigenvalue weighted by atomic mass is 32.2. The summed E-state index contributed by atoms with van der Waals surface area (Å²) in [4.78, 5) is 27.3. The number of nitrogens with one attached hydrogen (secondary N) is 2. The molecule has 0 radical (unpaired) electrons. The molecule has 0 aromatic carbocycles. The summed E-state index contributed by atoms with van der Waals surface area (Å²) in [5.74, 6) is -1.95. The molecular formula is C19H29N7O6S2. The molecule has 3 aliphatic rings. The van der Waals surface area contributed by atoms with Crippen LogP contribution in [0.3, 0.4) is 0 Å². The summed E-state index contributed by atoms with van der Waals surface area (Å²) in [6, 6.07) is -0.683. The van der Waals surface area contributed by atoms with Gasteiger partial charge in [0.2, 0.25) is 5.91 Å². The van der Waals surface area contributed by atoms with E-state index < -0.39 is 22.1 Å². The topological polar surface area (TPSA) is 182 Å². The number of carbonyl (C=O) groups excluding carboxylic acids is 1. The van der Waals surface area contributed by atoms with Gasteiger partial charge in [-0.05, 0) is 13.3 Å². The third-order valence-corrected chi connectivity index (χ3v) is 8.67. The van der Waals surface area contributed by atoms with Gasteiger partial charge in [0, 0.05) is 42.3 Å². The van der Waals surface area contributed by atoms with Gasteiger partial charge in [-0.15, -0.1) is 16.9 Å². The number of ether oxygens (including phenoxy) is 1. The van der Waals surface area contributed by atoms with Crippen LogP contribution in [0.15, 0.2) is 16.8 Å². The zero-order valence-electron chi connectivity index (χ0n) is 19.0. The number of hydrogen-bond donors (Lipinski definition) is 4. The number of carbonyl (C=O) groups is 2. The number of amides is 1. The molecule has 15 heteroatoms. The Morgan fingerprint density at radius 3 is 2.88 bits per heavy atom. The van der Waals surface area contributed by atoms with Crippen LogP contribution in [0.4, 0.5) is 0 Å². The van der Waals surface area contributed by atoms with Crippen LogP contribution in [0.25, 0.3) is 0 Å². The van der Waals surface area contributed by atoms with E-state index in [-0.39, 0.29) is 47.4 Å². The molecule has 0 aliphatic carbocycles. The number of methoxy groups -OCH3 is 1. The second-order valence-corrected chi connectivity index (χ2v) is 11.6. The smallest absolute Gasteiger partial charge is 0.353 e. The SMILES string of the molecule is COCc1cn([C@H](C)[C@H]2C(=O)N3C(C(=O)O)=C(S[C@@H]4CN[C@H](CNS(N)(=O)=O)C4)[C@H](C)[C@H]23)nn1. The number of thioether (sulfide) groups is 1. The van der Waals surface area contributed by atoms with E-state index in [1.54, 1.807) is 18.0 Å². The Morgan fingerprint density at radius 1 is 1.50 bits per heavy atom. The van der Waals surface area contributed by atoms with Gasteiger partial charge in [-0.2, -0.15) is 8.42 Å². The highest BCUT2D eigenvalue weighted by Gasteiger charge is 2.60. The number of hydrogen-bond acceptors (Lipinski definition) is 9. The van der Waals surface area contributed by atoms with Gasteiger partial charge in [-0.25, -0.2) is 19.3 Å². The minimum Gasteiger partial charge on any atom is -0.477 e. The average molecular weight is 516 g/mol. The first-order valence-electron chi connectivity index (χ1n) is 10.9. The number of nitrogens with two attached hydrogens (primary N) is 1. The highest BCUT2D eigenvalue weighted by Crippen LogP contribution is 2.53. The van der Waals surface area contributed by atoms with Crippen molar-refractivity contribution in [1.29, 1.82) is 0 Å². The Kier molecular flexibility index (Phi) is 7.04. The van der Waals surface area contributed by atoms with E-state index in [2.05, 4.69) is 20.4 Å². The zero-order chi connectivity index (χ0) is 24.8. The van der Waals surface area contributed by atoms with Crippen molar-refractivity contribution >= 4 is 33.8 Å². The summed E-state index contributed by atoms with van der Waals surface area (Å²) in [6.07, 6.45) is 2.38. The van der Waals surface area contributed by atoms with Crippen molar-refractivity contribution in [3.8, 4) is 0 Å². The fraction of sp³-hybridized carbons (Fsp3) is 0.684. The van der Waals surface area contributed by atoms with Crippen LogP contribution in [0.2, 0.25) is 0 Å². The molecule has 13 nitrogen and oxygen atoms in total. The summed E-state index contributed by atoms with van der Waals surface area (Å²) < 4.78 is 31.3. The number of β-lactam (4-membered cyclic amide) rings is 1. The van der Waals surface area contributed by atoms with Gasteiger partial charge in [0.05, 0.1) is 30.8 Å². The first-order valence-corrected chi connectivity index (χ1v) is 13.3. The summed E-state index contributed by atoms with van der Waals surface area (Å²) in [7, 11) is -2.22. The molecule has 34 heavy (non-hydrogen) atoms. The Labute approximate surface area is 201 Å². The molecule has 0 unspecified atom stereocenters. The average Bonchev–Trinajstić information content (AvgIpc) is 3.45. The number of aliphatic carboxylic acids is 1. The molecule has 4 heterocycles. The van der Waals surface area contributed by atoms with E-state index in [1.807, 2.05) is 13.8 Å². The Balaban J connectivity index is 1.47. The molecule has 4 rings (SSSR count). The van der Waals surface area contributed by atoms with Crippen molar-refractivity contribution in [2.24, 2.45) is 17.0 Å². The molecule has 5 N–H and O–H groups in total. The minimum atomic E-state index is -3.78. The van der Waals surface area contributed by atoms with E-state index in [0.717, 1.165) is 0 Å². The van der Waals surface area contributed by atoms with E-state index in [0.29, 0.717) is 30.2 Å². The fourth-order valence-electron chi connectivity index (χ4n) is 4.99. The molecule has 1 aromatic heterocycles. The van der Waals surface area contributed by atoms with Crippen LogP contribution in [0, 0.1) is 11.8 Å². The largest absolute Gasteiger partial charge is 0.477 e. The second kappa shape index (κ2) is 9.54. The van der Waals surface area contributed by atoms with E-state index >= 15 is 0 Å². The van der Waals surface area contributed by atoms with Gasteiger partial charge in [0.15, 0.2) is 0 Å². The highest BCUT2D eigenvalue weighted by molar-refractivity contribution is 8.03. The van der Waals surface area contributed by atoms with Gasteiger partial charge < -0.3 is 20.1 Å². The van der Waals surface area contributed by atoms with Crippen LogP contribution in [-0.2, 0) is 31.1 Å². The molecule has 3 aliphatic heterocycles. The normalized spacial score (nSPS) is 29.9. The summed E-state index contributed by atoms with van der Waals surface area (Å²) in [5.41, 5.74) is 0.693. The number of rotatable bonds is 10. The predicted octanol–water partition coefficient (Wildman–Crippen LogP) is -0.985. The van der Waals surface area contributed by atoms with Gasteiger partial charge in [0.25, 0.3) is 10.2 Å². The Morgan fingerprint density at radius 2 is 2.24 bits per heavy atom. The Hall–Kier alpha value is -2.04. The van der Waals surface area contributed by atoms with Crippen LogP contribution in [0.5, 0.6) is 0 Å². The van der Waals surface area contributed by atoms with Crippen LogP contribution in [0.1, 0.15) is 32.0 Å². The van der Waals surface area contributed by atoms with Gasteiger partial charge in [-0.1, -0.05) is 12.1 Å². The van der Waals surface area contributed by atoms with Crippen LogP contribution >= 0.6 is 11.8 Å². The molecule has 2 fully saturated rings. The Bertz CT molecular complexity index is 1110. The molecule has 0 saturated carbocycles. The van der Waals surface area contributed by atoms with Crippen molar-refractivity contribution < 1.29 is 27.9 Å². The lowest BCUT2D eigenvalue weighted by Crippen LogP contribution is -2.62. The lowest BCUT2D eigenvalue weighted by molar-refractivity contribution is -0.159. The van der Waals surface area contributed by atoms with Gasteiger partial charge in [0.1, 0.15) is 11.4 Å². The molecule has 6 atom stereocenters. The third kappa shape index (κ3) is 4.72. The summed E-state index contributed by atoms with van der Waals surface area (Å²) in [5, 5.41) is 26.4. The van der Waals surface area contributed by atoms with E-state index in [4.69, 9.17) is 9.88 Å². The van der Waals surface area contributed by atoms with Gasteiger partial charge in [-0.3, -0.25) is 4.79 Å². The van der Waals surface area contributed by atoms with Crippen LogP contribution < -0.4 is 15.2 Å². The second-order valence-electron chi connectivity index (χ2n) is 8.87. The monoisotopic (exact) mass is 515 g/mol. The van der Waals surface area contributed by atoms with Crippen LogP contribution in [-0.4, -0.2) is 82.8 Å². The quantitative estimate of drug-likeness (QED) is 0.283. The standard InChI is InChI=1S/C19H29N7O6S2/c1-9-15-14(10(2)25-7-12(8-32-3)23-24-25)18(27)26(15)16(19(28)29)17(9)33-13-4-11(21-6-13)5-22-34(20,30)31/h7,9-11,13-15,21-22H,4-6,8H2,1-3H3,(H,28,29)(H2,20,30,31)/t9-,10-,11+,13+,14-,15-/m1/s1. The summed E-state index contributed by atoms with van der Waals surface area (Å²) >= 11 is 1.45. The van der Waals surface area contributed by atoms with Crippen molar-refractivity contribution in [2.45, 2.75) is 50.3 Å². The molecule has 2 saturated heterocycles. The number of carboxylic acid groups (broad SMARTS) is 1. The van der Waals surface area contributed by atoms with Crippen molar-refractivity contribution in [3.05, 3.63) is 22.5 Å². The number of carboxylic acids is 1. The van der Waals surface area contributed by atoms with Crippen molar-refractivity contribution in [3.63, 3.8) is 0 Å².